The molecular formula is C8H15N5O2S. The van der Waals surface area contributed by atoms with E-state index in [4.69, 9.17) is 5.73 Å². The summed E-state index contributed by atoms with van der Waals surface area (Å²) in [5.41, 5.74) is 5.87. The van der Waals surface area contributed by atoms with E-state index in [1.807, 2.05) is 0 Å². The van der Waals surface area contributed by atoms with Crippen LogP contribution in [-0.2, 0) is 10.0 Å². The van der Waals surface area contributed by atoms with Crippen LogP contribution in [0.25, 0.3) is 0 Å². The molecule has 1 rings (SSSR count). The Morgan fingerprint density at radius 3 is 2.44 bits per heavy atom. The van der Waals surface area contributed by atoms with Crippen molar-refractivity contribution in [3.63, 3.8) is 0 Å². The smallest absolute Gasteiger partial charge is 0.222 e. The van der Waals surface area contributed by atoms with Gasteiger partial charge in [0.05, 0.1) is 23.8 Å². The molecule has 0 spiro atoms. The summed E-state index contributed by atoms with van der Waals surface area (Å²) in [5.74, 6) is 0.358. The lowest BCUT2D eigenvalue weighted by Crippen LogP contribution is -2.28. The van der Waals surface area contributed by atoms with Crippen molar-refractivity contribution in [1.29, 1.82) is 0 Å². The van der Waals surface area contributed by atoms with Crippen LogP contribution in [0.5, 0.6) is 0 Å². The van der Waals surface area contributed by atoms with Crippen LogP contribution in [0.15, 0.2) is 12.4 Å². The van der Waals surface area contributed by atoms with E-state index < -0.39 is 10.0 Å². The molecule has 1 heterocycles. The molecule has 90 valence electrons. The molecule has 0 saturated carbocycles. The van der Waals surface area contributed by atoms with Crippen molar-refractivity contribution in [2.24, 2.45) is 0 Å². The molecule has 8 heteroatoms. The number of sulfonamides is 1. The molecule has 0 atom stereocenters. The monoisotopic (exact) mass is 245 g/mol. The zero-order valence-corrected chi connectivity index (χ0v) is 10.0. The molecule has 0 fully saturated rings. The molecule has 0 amide bonds. The van der Waals surface area contributed by atoms with E-state index in [1.54, 1.807) is 0 Å². The van der Waals surface area contributed by atoms with Gasteiger partial charge < -0.3 is 11.1 Å². The number of hydrogen-bond acceptors (Lipinski definition) is 6. The normalized spacial score (nSPS) is 11.7. The van der Waals surface area contributed by atoms with E-state index >= 15 is 0 Å². The van der Waals surface area contributed by atoms with E-state index in [0.717, 1.165) is 0 Å². The van der Waals surface area contributed by atoms with Crippen LogP contribution in [0.3, 0.4) is 0 Å². The fourth-order valence-electron chi connectivity index (χ4n) is 0.904. The first-order valence-electron chi connectivity index (χ1n) is 4.63. The van der Waals surface area contributed by atoms with Gasteiger partial charge >= 0.3 is 0 Å². The molecule has 0 aliphatic heterocycles. The molecule has 0 aromatic carbocycles. The predicted octanol–water partition coefficient (Wildman–Crippen LogP) is -0.638. The first-order chi connectivity index (χ1) is 7.42. The van der Waals surface area contributed by atoms with Gasteiger partial charge in [0.1, 0.15) is 0 Å². The van der Waals surface area contributed by atoms with Crippen LogP contribution in [0.1, 0.15) is 0 Å². The van der Waals surface area contributed by atoms with Crippen LogP contribution in [0.2, 0.25) is 0 Å². The minimum atomic E-state index is -3.19. The summed E-state index contributed by atoms with van der Waals surface area (Å²) in [6, 6.07) is 0. The highest BCUT2D eigenvalue weighted by Crippen LogP contribution is 2.01. The first-order valence-corrected chi connectivity index (χ1v) is 6.24. The quantitative estimate of drug-likeness (QED) is 0.715. The second-order valence-electron chi connectivity index (χ2n) is 3.37. The van der Waals surface area contributed by atoms with Gasteiger partial charge in [-0.05, 0) is 0 Å². The van der Waals surface area contributed by atoms with Crippen LogP contribution < -0.4 is 11.1 Å². The lowest BCUT2D eigenvalue weighted by Gasteiger charge is -2.11. The largest absolute Gasteiger partial charge is 0.396 e. The van der Waals surface area contributed by atoms with Crippen LogP contribution >= 0.6 is 0 Å². The fourth-order valence-corrected chi connectivity index (χ4v) is 1.63. The summed E-state index contributed by atoms with van der Waals surface area (Å²) in [5, 5.41) is 2.80. The van der Waals surface area contributed by atoms with Crippen LogP contribution in [-0.4, -0.2) is 49.1 Å². The minimum absolute atomic E-state index is 0.00621. The number of anilines is 2. The molecule has 0 radical (unpaired) electrons. The van der Waals surface area contributed by atoms with E-state index in [2.05, 4.69) is 15.3 Å². The zero-order valence-electron chi connectivity index (χ0n) is 9.21. The average Bonchev–Trinajstić information content (AvgIpc) is 2.20. The van der Waals surface area contributed by atoms with Gasteiger partial charge in [-0.2, -0.15) is 0 Å². The number of nitrogens with two attached hydrogens (primary N) is 1. The topological polar surface area (TPSA) is 101 Å². The molecule has 16 heavy (non-hydrogen) atoms. The van der Waals surface area contributed by atoms with E-state index in [1.165, 1.54) is 30.8 Å². The molecule has 0 bridgehead atoms. The standard InChI is InChI=1S/C8H15N5O2S/c1-13(2)16(14,15)4-3-10-8-11-5-7(9)6-12-8/h5-6H,3-4,9H2,1-2H3,(H,10,11,12). The van der Waals surface area contributed by atoms with Crippen molar-refractivity contribution in [2.45, 2.75) is 0 Å². The third-order valence-electron chi connectivity index (χ3n) is 1.87. The van der Waals surface area contributed by atoms with Gasteiger partial charge in [0.15, 0.2) is 0 Å². The Morgan fingerprint density at radius 1 is 1.38 bits per heavy atom. The molecule has 3 N–H and O–H groups in total. The van der Waals surface area contributed by atoms with Crippen LogP contribution in [0, 0.1) is 0 Å². The summed E-state index contributed by atoms with van der Waals surface area (Å²) in [6.07, 6.45) is 2.91. The fraction of sp³-hybridized carbons (Fsp3) is 0.500. The average molecular weight is 245 g/mol. The molecule has 0 aliphatic rings. The van der Waals surface area contributed by atoms with E-state index in [9.17, 15) is 8.42 Å². The van der Waals surface area contributed by atoms with Gasteiger partial charge in [0, 0.05) is 20.6 Å². The maximum Gasteiger partial charge on any atom is 0.222 e. The second-order valence-corrected chi connectivity index (χ2v) is 5.67. The van der Waals surface area contributed by atoms with Gasteiger partial charge in [-0.15, -0.1) is 0 Å². The first kappa shape index (κ1) is 12.7. The van der Waals surface area contributed by atoms with Gasteiger partial charge in [-0.1, -0.05) is 0 Å². The Hall–Kier alpha value is -1.41. The molecule has 0 saturated heterocycles. The SMILES string of the molecule is CN(C)S(=O)(=O)CCNc1ncc(N)cn1. The van der Waals surface area contributed by atoms with Crippen LogP contribution in [0.4, 0.5) is 11.6 Å². The molecule has 0 aliphatic carbocycles. The second kappa shape index (κ2) is 5.08. The zero-order chi connectivity index (χ0) is 12.2. The summed E-state index contributed by atoms with van der Waals surface area (Å²) in [6.45, 7) is 0.254. The molecule has 0 unspecified atom stereocenters. The minimum Gasteiger partial charge on any atom is -0.396 e. The van der Waals surface area contributed by atoms with Crippen molar-refractivity contribution < 1.29 is 8.42 Å². The Kier molecular flexibility index (Phi) is 4.02. The van der Waals surface area contributed by atoms with Gasteiger partial charge in [-0.3, -0.25) is 0 Å². The van der Waals surface area contributed by atoms with E-state index in [-0.39, 0.29) is 12.3 Å². The summed E-state index contributed by atoms with van der Waals surface area (Å²) in [7, 11) is -0.196. The molecule has 1 aromatic rings. The maximum atomic E-state index is 11.4. The Bertz CT molecular complexity index is 428. The number of nitrogens with one attached hydrogen (secondary N) is 1. The van der Waals surface area contributed by atoms with Crippen molar-refractivity contribution in [2.75, 3.05) is 37.4 Å². The summed E-state index contributed by atoms with van der Waals surface area (Å²) < 4.78 is 24.0. The predicted molar refractivity (Wildman–Crippen MR) is 62.4 cm³/mol. The highest BCUT2D eigenvalue weighted by Gasteiger charge is 2.12. The van der Waals surface area contributed by atoms with Crippen molar-refractivity contribution >= 4 is 21.7 Å². The highest BCUT2D eigenvalue weighted by molar-refractivity contribution is 7.89. The lowest BCUT2D eigenvalue weighted by atomic mass is 10.6. The number of hydrogen-bond donors (Lipinski definition) is 2. The lowest BCUT2D eigenvalue weighted by molar-refractivity contribution is 0.521. The Labute approximate surface area is 94.7 Å². The number of nitrogen functional groups attached to an aromatic ring is 1. The highest BCUT2D eigenvalue weighted by atomic mass is 32.2. The van der Waals surface area contributed by atoms with Crippen molar-refractivity contribution in [3.05, 3.63) is 12.4 Å². The third-order valence-corrected chi connectivity index (χ3v) is 3.70. The molecule has 1 aromatic heterocycles. The Morgan fingerprint density at radius 2 is 1.94 bits per heavy atom. The third kappa shape index (κ3) is 3.63. The summed E-state index contributed by atoms with van der Waals surface area (Å²) in [4.78, 5) is 7.77. The number of aromatic nitrogens is 2. The molecular weight excluding hydrogens is 230 g/mol. The number of rotatable bonds is 5. The summed E-state index contributed by atoms with van der Waals surface area (Å²) >= 11 is 0. The van der Waals surface area contributed by atoms with E-state index in [0.29, 0.717) is 11.6 Å². The maximum absolute atomic E-state index is 11.4. The van der Waals surface area contributed by atoms with Crippen molar-refractivity contribution in [3.8, 4) is 0 Å². The Balaban J connectivity index is 2.45. The van der Waals surface area contributed by atoms with Crippen molar-refractivity contribution in [1.82, 2.24) is 14.3 Å². The van der Waals surface area contributed by atoms with Gasteiger partial charge in [0.25, 0.3) is 0 Å². The number of nitrogens with zero attached hydrogens (tertiary/aromatic N) is 3. The van der Waals surface area contributed by atoms with Gasteiger partial charge in [-0.25, -0.2) is 22.7 Å². The van der Waals surface area contributed by atoms with Gasteiger partial charge in [0.2, 0.25) is 16.0 Å². The molecule has 7 nitrogen and oxygen atoms in total.